The van der Waals surface area contributed by atoms with Crippen LogP contribution >= 0.6 is 23.1 Å². The van der Waals surface area contributed by atoms with E-state index in [9.17, 15) is 9.90 Å². The van der Waals surface area contributed by atoms with E-state index in [4.69, 9.17) is 0 Å². The van der Waals surface area contributed by atoms with Crippen LogP contribution in [0.2, 0.25) is 0 Å². The van der Waals surface area contributed by atoms with Crippen LogP contribution in [0.25, 0.3) is 10.4 Å². The van der Waals surface area contributed by atoms with Gasteiger partial charge in [-0.05, 0) is 29.9 Å². The van der Waals surface area contributed by atoms with Gasteiger partial charge in [0.15, 0.2) is 5.13 Å². The summed E-state index contributed by atoms with van der Waals surface area (Å²) in [4.78, 5) is 17.5. The average Bonchev–Trinajstić information content (AvgIpc) is 2.97. The summed E-state index contributed by atoms with van der Waals surface area (Å²) in [5, 5.41) is 13.7. The van der Waals surface area contributed by atoms with Gasteiger partial charge in [0.05, 0.1) is 4.88 Å². The van der Waals surface area contributed by atoms with Crippen LogP contribution in [0.1, 0.15) is 12.8 Å². The molecule has 0 unspecified atom stereocenters. The number of anilines is 1. The predicted molar refractivity (Wildman–Crippen MR) is 87.7 cm³/mol. The average molecular weight is 320 g/mol. The van der Waals surface area contributed by atoms with E-state index in [1.54, 1.807) is 18.0 Å². The number of aliphatic hydroxyl groups is 1. The van der Waals surface area contributed by atoms with Gasteiger partial charge in [-0.2, -0.15) is 11.8 Å². The standard InChI is InChI=1S/C15H16N2O2S2/c18-13(15(19)6-8-20-9-7-15)17-14-16-10-12(21-14)11-4-2-1-3-5-11/h1-5,10,19H,6-9H2,(H,16,17,18). The Kier molecular flexibility index (Phi) is 4.28. The van der Waals surface area contributed by atoms with Gasteiger partial charge in [-0.25, -0.2) is 4.98 Å². The van der Waals surface area contributed by atoms with Gasteiger partial charge in [0.1, 0.15) is 5.60 Å². The van der Waals surface area contributed by atoms with Gasteiger partial charge in [-0.15, -0.1) is 0 Å². The Morgan fingerprint density at radius 2 is 1.95 bits per heavy atom. The molecule has 1 fully saturated rings. The van der Waals surface area contributed by atoms with Gasteiger partial charge in [-0.3, -0.25) is 10.1 Å². The quantitative estimate of drug-likeness (QED) is 0.912. The smallest absolute Gasteiger partial charge is 0.258 e. The minimum atomic E-state index is -1.25. The Labute approximate surface area is 131 Å². The van der Waals surface area contributed by atoms with Crippen molar-refractivity contribution in [1.82, 2.24) is 4.98 Å². The summed E-state index contributed by atoms with van der Waals surface area (Å²) in [5.74, 6) is 1.30. The fourth-order valence-corrected chi connectivity index (χ4v) is 4.20. The molecule has 1 aliphatic heterocycles. The van der Waals surface area contributed by atoms with Gasteiger partial charge in [-0.1, -0.05) is 41.7 Å². The molecule has 0 radical (unpaired) electrons. The van der Waals surface area contributed by atoms with Crippen molar-refractivity contribution >= 4 is 34.1 Å². The molecule has 2 aromatic rings. The molecule has 2 heterocycles. The molecule has 1 aliphatic rings. The largest absolute Gasteiger partial charge is 0.380 e. The van der Waals surface area contributed by atoms with Crippen LogP contribution in [0.15, 0.2) is 36.5 Å². The van der Waals surface area contributed by atoms with Crippen LogP contribution < -0.4 is 5.32 Å². The highest BCUT2D eigenvalue weighted by Crippen LogP contribution is 2.31. The van der Waals surface area contributed by atoms with Crippen molar-refractivity contribution in [3.05, 3.63) is 36.5 Å². The maximum atomic E-state index is 12.2. The molecule has 1 saturated heterocycles. The fourth-order valence-electron chi connectivity index (χ4n) is 2.22. The predicted octanol–water partition coefficient (Wildman–Crippen LogP) is 3.01. The highest BCUT2D eigenvalue weighted by atomic mass is 32.2. The summed E-state index contributed by atoms with van der Waals surface area (Å²) in [5.41, 5.74) is -0.174. The second kappa shape index (κ2) is 6.17. The molecule has 4 nitrogen and oxygen atoms in total. The Balaban J connectivity index is 1.71. The number of thiazole rings is 1. The molecule has 0 bridgehead atoms. The number of aromatic nitrogens is 1. The monoisotopic (exact) mass is 320 g/mol. The number of carbonyl (C=O) groups is 1. The van der Waals surface area contributed by atoms with E-state index in [0.29, 0.717) is 18.0 Å². The number of hydrogen-bond donors (Lipinski definition) is 2. The van der Waals surface area contributed by atoms with E-state index in [1.807, 2.05) is 30.3 Å². The first-order chi connectivity index (χ1) is 10.2. The van der Waals surface area contributed by atoms with Crippen molar-refractivity contribution in [3.63, 3.8) is 0 Å². The molecule has 0 atom stereocenters. The van der Waals surface area contributed by atoms with Crippen molar-refractivity contribution in [3.8, 4) is 10.4 Å². The minimum absolute atomic E-state index is 0.336. The van der Waals surface area contributed by atoms with E-state index in [-0.39, 0.29) is 5.91 Å². The highest BCUT2D eigenvalue weighted by Gasteiger charge is 2.37. The van der Waals surface area contributed by atoms with Crippen LogP contribution in [-0.2, 0) is 4.79 Å². The van der Waals surface area contributed by atoms with Crippen molar-refractivity contribution < 1.29 is 9.90 Å². The van der Waals surface area contributed by atoms with Crippen molar-refractivity contribution in [2.75, 3.05) is 16.8 Å². The minimum Gasteiger partial charge on any atom is -0.380 e. The molecular formula is C15H16N2O2S2. The summed E-state index contributed by atoms with van der Waals surface area (Å²) >= 11 is 3.19. The molecule has 1 aromatic carbocycles. The lowest BCUT2D eigenvalue weighted by Crippen LogP contribution is -2.45. The fraction of sp³-hybridized carbons (Fsp3) is 0.333. The van der Waals surface area contributed by atoms with Crippen molar-refractivity contribution in [2.45, 2.75) is 18.4 Å². The Morgan fingerprint density at radius 3 is 2.67 bits per heavy atom. The number of thioether (sulfide) groups is 1. The molecule has 1 amide bonds. The molecule has 0 aliphatic carbocycles. The third-order valence-corrected chi connectivity index (χ3v) is 5.47. The normalized spacial score (nSPS) is 17.4. The van der Waals surface area contributed by atoms with Crippen LogP contribution in [0.3, 0.4) is 0 Å². The molecule has 1 aromatic heterocycles. The second-order valence-corrected chi connectivity index (χ2v) is 7.25. The van der Waals surface area contributed by atoms with Gasteiger partial charge in [0, 0.05) is 6.20 Å². The zero-order valence-electron chi connectivity index (χ0n) is 11.4. The van der Waals surface area contributed by atoms with Crippen molar-refractivity contribution in [2.24, 2.45) is 0 Å². The lowest BCUT2D eigenvalue weighted by Gasteiger charge is -2.29. The third kappa shape index (κ3) is 3.28. The lowest BCUT2D eigenvalue weighted by molar-refractivity contribution is -0.134. The molecular weight excluding hydrogens is 304 g/mol. The van der Waals surface area contributed by atoms with Crippen LogP contribution in [-0.4, -0.2) is 33.1 Å². The SMILES string of the molecule is O=C(Nc1ncc(-c2ccccc2)s1)C1(O)CCSCC1. The summed E-state index contributed by atoms with van der Waals surface area (Å²) in [7, 11) is 0. The first-order valence-corrected chi connectivity index (χ1v) is 8.77. The maximum absolute atomic E-state index is 12.2. The molecule has 110 valence electrons. The number of rotatable bonds is 3. The number of amides is 1. The summed E-state index contributed by atoms with van der Waals surface area (Å²) in [6.07, 6.45) is 2.75. The number of nitrogens with zero attached hydrogens (tertiary/aromatic N) is 1. The zero-order valence-corrected chi connectivity index (χ0v) is 13.0. The highest BCUT2D eigenvalue weighted by molar-refractivity contribution is 7.99. The van der Waals surface area contributed by atoms with E-state index < -0.39 is 5.60 Å². The second-order valence-electron chi connectivity index (χ2n) is 4.99. The number of nitrogens with one attached hydrogen (secondary N) is 1. The zero-order chi connectivity index (χ0) is 14.7. The number of hydrogen-bond acceptors (Lipinski definition) is 5. The van der Waals surface area contributed by atoms with E-state index in [0.717, 1.165) is 21.9 Å². The van der Waals surface area contributed by atoms with Crippen LogP contribution in [0, 0.1) is 0 Å². The van der Waals surface area contributed by atoms with Gasteiger partial charge in [0.2, 0.25) is 0 Å². The van der Waals surface area contributed by atoms with Crippen LogP contribution in [0.5, 0.6) is 0 Å². The van der Waals surface area contributed by atoms with E-state index >= 15 is 0 Å². The third-order valence-electron chi connectivity index (χ3n) is 3.53. The molecule has 2 N–H and O–H groups in total. The first kappa shape index (κ1) is 14.6. The number of benzene rings is 1. The van der Waals surface area contributed by atoms with Gasteiger partial charge >= 0.3 is 0 Å². The van der Waals surface area contributed by atoms with E-state index in [1.165, 1.54) is 11.3 Å². The molecule has 6 heteroatoms. The van der Waals surface area contributed by atoms with Gasteiger partial charge in [0.25, 0.3) is 5.91 Å². The summed E-state index contributed by atoms with van der Waals surface area (Å²) < 4.78 is 0. The topological polar surface area (TPSA) is 62.2 Å². The molecule has 3 rings (SSSR count). The Hall–Kier alpha value is -1.37. The first-order valence-electron chi connectivity index (χ1n) is 6.80. The van der Waals surface area contributed by atoms with Crippen molar-refractivity contribution in [1.29, 1.82) is 0 Å². The Bertz CT molecular complexity index is 622. The lowest BCUT2D eigenvalue weighted by atomic mass is 9.96. The summed E-state index contributed by atoms with van der Waals surface area (Å²) in [6, 6.07) is 9.91. The van der Waals surface area contributed by atoms with Crippen LogP contribution in [0.4, 0.5) is 5.13 Å². The van der Waals surface area contributed by atoms with E-state index in [2.05, 4.69) is 10.3 Å². The van der Waals surface area contributed by atoms with Gasteiger partial charge < -0.3 is 5.11 Å². The molecule has 21 heavy (non-hydrogen) atoms. The molecule has 0 saturated carbocycles. The number of carbonyl (C=O) groups excluding carboxylic acids is 1. The molecule has 0 spiro atoms. The maximum Gasteiger partial charge on any atom is 0.258 e. The Morgan fingerprint density at radius 1 is 1.24 bits per heavy atom. The summed E-state index contributed by atoms with van der Waals surface area (Å²) in [6.45, 7) is 0.